The number of carbonyl (C=O) groups excluding carboxylic acids is 2. The van der Waals surface area contributed by atoms with Gasteiger partial charge in [-0.05, 0) is 42.5 Å². The second-order valence-electron chi connectivity index (χ2n) is 8.07. The number of benzene rings is 3. The summed E-state index contributed by atoms with van der Waals surface area (Å²) in [6.07, 6.45) is 0. The zero-order chi connectivity index (χ0) is 25.1. The maximum Gasteiger partial charge on any atom is 0.257 e. The van der Waals surface area contributed by atoms with Crippen molar-refractivity contribution in [1.29, 1.82) is 0 Å². The van der Waals surface area contributed by atoms with Crippen molar-refractivity contribution in [3.05, 3.63) is 77.9 Å². The number of morpholine rings is 1. The summed E-state index contributed by atoms with van der Waals surface area (Å²) in [6.45, 7) is 1.28. The van der Waals surface area contributed by atoms with E-state index in [0.29, 0.717) is 30.4 Å². The first kappa shape index (κ1) is 23.8. The SMILES string of the molecule is O=C(Nc1ccccc1C(=O)Nc1ccc2c(c1)OCO2)c1cccc(S(=O)(=O)N2CCOCC2)c1. The maximum atomic E-state index is 13.0. The minimum atomic E-state index is -3.76. The van der Waals surface area contributed by atoms with Crippen LogP contribution in [0, 0.1) is 0 Å². The lowest BCUT2D eigenvalue weighted by molar-refractivity contribution is 0.0730. The maximum absolute atomic E-state index is 13.0. The molecule has 0 aliphatic carbocycles. The molecule has 0 bridgehead atoms. The monoisotopic (exact) mass is 509 g/mol. The molecule has 1 fully saturated rings. The van der Waals surface area contributed by atoms with Crippen LogP contribution in [0.2, 0.25) is 0 Å². The van der Waals surface area contributed by atoms with Gasteiger partial charge in [0, 0.05) is 30.4 Å². The Morgan fingerprint density at radius 1 is 0.806 bits per heavy atom. The van der Waals surface area contributed by atoms with E-state index in [9.17, 15) is 18.0 Å². The number of para-hydroxylation sites is 1. The van der Waals surface area contributed by atoms with Crippen LogP contribution in [0.25, 0.3) is 0 Å². The minimum absolute atomic E-state index is 0.0193. The smallest absolute Gasteiger partial charge is 0.257 e. The molecule has 0 unspecified atom stereocenters. The third kappa shape index (κ3) is 4.89. The van der Waals surface area contributed by atoms with Crippen molar-refractivity contribution in [1.82, 2.24) is 4.31 Å². The highest BCUT2D eigenvalue weighted by Gasteiger charge is 2.27. The molecule has 2 aliphatic rings. The van der Waals surface area contributed by atoms with E-state index >= 15 is 0 Å². The van der Waals surface area contributed by atoms with Gasteiger partial charge in [0.2, 0.25) is 16.8 Å². The topological polar surface area (TPSA) is 123 Å². The Morgan fingerprint density at radius 2 is 1.58 bits per heavy atom. The molecule has 2 heterocycles. The van der Waals surface area contributed by atoms with Gasteiger partial charge in [0.15, 0.2) is 11.5 Å². The van der Waals surface area contributed by atoms with E-state index in [1.807, 2.05) is 0 Å². The molecule has 0 aromatic heterocycles. The quantitative estimate of drug-likeness (QED) is 0.524. The number of amides is 2. The van der Waals surface area contributed by atoms with Crippen molar-refractivity contribution in [3.63, 3.8) is 0 Å². The van der Waals surface area contributed by atoms with Crippen LogP contribution in [0.5, 0.6) is 11.5 Å². The van der Waals surface area contributed by atoms with Crippen LogP contribution in [-0.2, 0) is 14.8 Å². The van der Waals surface area contributed by atoms with Crippen LogP contribution in [-0.4, -0.2) is 57.6 Å². The summed E-state index contributed by atoms with van der Waals surface area (Å²) in [5, 5.41) is 5.51. The number of nitrogens with one attached hydrogen (secondary N) is 2. The molecule has 2 amide bonds. The van der Waals surface area contributed by atoms with E-state index in [2.05, 4.69) is 10.6 Å². The first-order valence-electron chi connectivity index (χ1n) is 11.2. The summed E-state index contributed by atoms with van der Waals surface area (Å²) >= 11 is 0. The number of ether oxygens (including phenoxy) is 3. The summed E-state index contributed by atoms with van der Waals surface area (Å²) in [6, 6.07) is 17.4. The molecule has 1 saturated heterocycles. The summed E-state index contributed by atoms with van der Waals surface area (Å²) in [5.41, 5.74) is 1.17. The Labute approximate surface area is 207 Å². The van der Waals surface area contributed by atoms with Gasteiger partial charge in [-0.3, -0.25) is 9.59 Å². The van der Waals surface area contributed by atoms with Crippen LogP contribution in [0.4, 0.5) is 11.4 Å². The van der Waals surface area contributed by atoms with Gasteiger partial charge in [-0.2, -0.15) is 4.31 Å². The van der Waals surface area contributed by atoms with E-state index in [4.69, 9.17) is 14.2 Å². The third-order valence-corrected chi connectivity index (χ3v) is 7.65. The molecular weight excluding hydrogens is 486 g/mol. The molecule has 0 saturated carbocycles. The molecule has 0 radical (unpaired) electrons. The average molecular weight is 510 g/mol. The van der Waals surface area contributed by atoms with E-state index in [1.165, 1.54) is 28.6 Å². The van der Waals surface area contributed by atoms with Crippen LogP contribution in [0.15, 0.2) is 71.6 Å². The van der Waals surface area contributed by atoms with Crippen molar-refractivity contribution in [2.75, 3.05) is 43.7 Å². The van der Waals surface area contributed by atoms with Crippen molar-refractivity contribution in [2.24, 2.45) is 0 Å². The number of hydrogen-bond acceptors (Lipinski definition) is 7. The van der Waals surface area contributed by atoms with E-state index in [0.717, 1.165) is 0 Å². The Hall–Kier alpha value is -3.93. The molecule has 2 aliphatic heterocycles. The first-order chi connectivity index (χ1) is 17.4. The molecule has 11 heteroatoms. The molecule has 0 atom stereocenters. The Balaban J connectivity index is 1.33. The number of sulfonamides is 1. The normalized spacial score (nSPS) is 15.3. The minimum Gasteiger partial charge on any atom is -0.454 e. The predicted octanol–water partition coefficient (Wildman–Crippen LogP) is 2.94. The molecule has 5 rings (SSSR count). The average Bonchev–Trinajstić information content (AvgIpc) is 3.37. The number of nitrogens with zero attached hydrogens (tertiary/aromatic N) is 1. The van der Waals surface area contributed by atoms with Gasteiger partial charge in [-0.25, -0.2) is 8.42 Å². The van der Waals surface area contributed by atoms with Crippen molar-refractivity contribution < 1.29 is 32.2 Å². The van der Waals surface area contributed by atoms with Crippen LogP contribution in [0.1, 0.15) is 20.7 Å². The lowest BCUT2D eigenvalue weighted by Gasteiger charge is -2.26. The van der Waals surface area contributed by atoms with Crippen molar-refractivity contribution in [3.8, 4) is 11.5 Å². The fraction of sp³-hybridized carbons (Fsp3) is 0.200. The van der Waals surface area contributed by atoms with Crippen LogP contribution >= 0.6 is 0 Å². The van der Waals surface area contributed by atoms with E-state index in [-0.39, 0.29) is 41.6 Å². The fourth-order valence-corrected chi connectivity index (χ4v) is 5.35. The molecular formula is C25H23N3O7S. The van der Waals surface area contributed by atoms with Gasteiger partial charge in [0.25, 0.3) is 11.8 Å². The number of hydrogen-bond donors (Lipinski definition) is 2. The van der Waals surface area contributed by atoms with E-state index in [1.54, 1.807) is 42.5 Å². The van der Waals surface area contributed by atoms with Crippen molar-refractivity contribution >= 4 is 33.2 Å². The Morgan fingerprint density at radius 3 is 2.42 bits per heavy atom. The summed E-state index contributed by atoms with van der Waals surface area (Å²) < 4.78 is 43.1. The van der Waals surface area contributed by atoms with Crippen molar-refractivity contribution in [2.45, 2.75) is 4.90 Å². The second-order valence-corrected chi connectivity index (χ2v) is 10.0. The predicted molar refractivity (Wildman–Crippen MR) is 131 cm³/mol. The molecule has 0 spiro atoms. The van der Waals surface area contributed by atoms with E-state index < -0.39 is 21.8 Å². The summed E-state index contributed by atoms with van der Waals surface area (Å²) in [7, 11) is -3.76. The molecule has 3 aromatic carbocycles. The largest absolute Gasteiger partial charge is 0.454 e. The number of carbonyl (C=O) groups is 2. The fourth-order valence-electron chi connectivity index (χ4n) is 3.89. The van der Waals surface area contributed by atoms with Gasteiger partial charge < -0.3 is 24.8 Å². The molecule has 3 aromatic rings. The van der Waals surface area contributed by atoms with Gasteiger partial charge in [0.1, 0.15) is 0 Å². The zero-order valence-electron chi connectivity index (χ0n) is 19.1. The van der Waals surface area contributed by atoms with Crippen LogP contribution < -0.4 is 20.1 Å². The van der Waals surface area contributed by atoms with Gasteiger partial charge in [0.05, 0.1) is 29.4 Å². The van der Waals surface area contributed by atoms with Gasteiger partial charge >= 0.3 is 0 Å². The Kier molecular flexibility index (Phi) is 6.59. The molecule has 186 valence electrons. The zero-order valence-corrected chi connectivity index (χ0v) is 19.9. The number of anilines is 2. The highest BCUT2D eigenvalue weighted by molar-refractivity contribution is 7.89. The number of rotatable bonds is 6. The lowest BCUT2D eigenvalue weighted by atomic mass is 10.1. The summed E-state index contributed by atoms with van der Waals surface area (Å²) in [5.74, 6) is 0.144. The first-order valence-corrected chi connectivity index (χ1v) is 12.7. The Bertz CT molecular complexity index is 1420. The van der Waals surface area contributed by atoms with Crippen LogP contribution in [0.3, 0.4) is 0 Å². The second kappa shape index (κ2) is 9.97. The molecule has 36 heavy (non-hydrogen) atoms. The standard InChI is InChI=1S/C25H23N3O7S/c29-24(17-4-3-5-19(14-17)36(31,32)28-10-12-33-13-11-28)27-21-7-2-1-6-20(21)25(30)26-18-8-9-22-23(15-18)35-16-34-22/h1-9,14-15H,10-13,16H2,(H,26,30)(H,27,29). The molecule has 2 N–H and O–H groups in total. The lowest BCUT2D eigenvalue weighted by Crippen LogP contribution is -2.40. The third-order valence-electron chi connectivity index (χ3n) is 5.75. The van der Waals surface area contributed by atoms with Gasteiger partial charge in [-0.1, -0.05) is 18.2 Å². The van der Waals surface area contributed by atoms with Gasteiger partial charge in [-0.15, -0.1) is 0 Å². The molecule has 10 nitrogen and oxygen atoms in total. The number of fused-ring (bicyclic) bond motifs is 1. The summed E-state index contributed by atoms with van der Waals surface area (Å²) in [4.78, 5) is 26.0. The highest BCUT2D eigenvalue weighted by Crippen LogP contribution is 2.34. The highest BCUT2D eigenvalue weighted by atomic mass is 32.2.